The maximum atomic E-state index is 5.32. The van der Waals surface area contributed by atoms with Crippen LogP contribution in [0.2, 0.25) is 0 Å². The first-order valence-electron chi connectivity index (χ1n) is 3.28. The van der Waals surface area contributed by atoms with Gasteiger partial charge in [-0.2, -0.15) is 0 Å². The molecule has 0 aromatic heterocycles. The zero-order chi connectivity index (χ0) is 7.61. The highest BCUT2D eigenvalue weighted by atomic mass is 32.1. The van der Waals surface area contributed by atoms with Gasteiger partial charge in [-0.1, -0.05) is 0 Å². The lowest BCUT2D eigenvalue weighted by atomic mass is 10.0. The molecule has 1 atom stereocenters. The molecule has 58 valence electrons. The Labute approximate surface area is 65.9 Å². The maximum absolute atomic E-state index is 5.32. The Morgan fingerprint density at radius 1 is 1.80 bits per heavy atom. The van der Waals surface area contributed by atoms with Gasteiger partial charge in [0.1, 0.15) is 0 Å². The van der Waals surface area contributed by atoms with E-state index in [1.54, 1.807) is 0 Å². The molecular formula is C6H12N2OS. The molecular weight excluding hydrogens is 148 g/mol. The van der Waals surface area contributed by atoms with E-state index in [4.69, 9.17) is 22.7 Å². The van der Waals surface area contributed by atoms with E-state index in [2.05, 4.69) is 12.2 Å². The average Bonchev–Trinajstić information content (AvgIpc) is 2.12. The highest BCUT2D eigenvalue weighted by molar-refractivity contribution is 7.80. The minimum absolute atomic E-state index is 0.0220. The molecule has 1 fully saturated rings. The van der Waals surface area contributed by atoms with E-state index in [1.807, 2.05) is 0 Å². The van der Waals surface area contributed by atoms with Crippen LogP contribution < -0.4 is 11.1 Å². The van der Waals surface area contributed by atoms with Gasteiger partial charge in [0.25, 0.3) is 0 Å². The summed E-state index contributed by atoms with van der Waals surface area (Å²) in [5.41, 5.74) is 5.30. The second kappa shape index (κ2) is 2.72. The van der Waals surface area contributed by atoms with Gasteiger partial charge < -0.3 is 15.8 Å². The molecule has 1 heterocycles. The van der Waals surface area contributed by atoms with E-state index in [0.29, 0.717) is 11.7 Å². The van der Waals surface area contributed by atoms with E-state index in [0.717, 1.165) is 13.0 Å². The van der Waals surface area contributed by atoms with E-state index in [9.17, 15) is 0 Å². The summed E-state index contributed by atoms with van der Waals surface area (Å²) in [7, 11) is 0. The van der Waals surface area contributed by atoms with Gasteiger partial charge in [-0.05, 0) is 25.6 Å². The summed E-state index contributed by atoms with van der Waals surface area (Å²) in [4.78, 5) is 0. The number of thiocarbonyl (C=S) groups is 1. The molecule has 0 aliphatic carbocycles. The SMILES string of the molecule is CC1(NC(N)=S)CCOC1. The topological polar surface area (TPSA) is 47.3 Å². The number of hydrogen-bond acceptors (Lipinski definition) is 2. The van der Waals surface area contributed by atoms with Crippen LogP contribution in [0.25, 0.3) is 0 Å². The van der Waals surface area contributed by atoms with E-state index in [1.165, 1.54) is 0 Å². The van der Waals surface area contributed by atoms with Crippen LogP contribution in [0.1, 0.15) is 13.3 Å². The van der Waals surface area contributed by atoms with Gasteiger partial charge >= 0.3 is 0 Å². The van der Waals surface area contributed by atoms with E-state index < -0.39 is 0 Å². The number of ether oxygens (including phenoxy) is 1. The van der Waals surface area contributed by atoms with Gasteiger partial charge in [-0.15, -0.1) is 0 Å². The lowest BCUT2D eigenvalue weighted by Crippen LogP contribution is -2.48. The number of nitrogens with one attached hydrogen (secondary N) is 1. The molecule has 0 radical (unpaired) electrons. The second-order valence-corrected chi connectivity index (χ2v) is 3.29. The minimum atomic E-state index is -0.0220. The summed E-state index contributed by atoms with van der Waals surface area (Å²) in [5, 5.41) is 3.36. The average molecular weight is 160 g/mol. The minimum Gasteiger partial charge on any atom is -0.379 e. The molecule has 1 rings (SSSR count). The Kier molecular flexibility index (Phi) is 2.11. The quantitative estimate of drug-likeness (QED) is 0.530. The first-order valence-corrected chi connectivity index (χ1v) is 3.69. The molecule has 0 spiro atoms. The van der Waals surface area contributed by atoms with Crippen LogP contribution in [0.15, 0.2) is 0 Å². The van der Waals surface area contributed by atoms with Crippen molar-refractivity contribution >= 4 is 17.3 Å². The summed E-state index contributed by atoms with van der Waals surface area (Å²) < 4.78 is 5.18. The largest absolute Gasteiger partial charge is 0.379 e. The van der Waals surface area contributed by atoms with Crippen molar-refractivity contribution in [2.45, 2.75) is 18.9 Å². The van der Waals surface area contributed by atoms with Gasteiger partial charge in [-0.3, -0.25) is 0 Å². The van der Waals surface area contributed by atoms with Crippen molar-refractivity contribution in [3.63, 3.8) is 0 Å². The molecule has 3 N–H and O–H groups in total. The second-order valence-electron chi connectivity index (χ2n) is 2.85. The van der Waals surface area contributed by atoms with Crippen molar-refractivity contribution in [2.75, 3.05) is 13.2 Å². The first kappa shape index (κ1) is 7.75. The molecule has 0 aromatic carbocycles. The summed E-state index contributed by atoms with van der Waals surface area (Å²) in [6.45, 7) is 3.55. The monoisotopic (exact) mass is 160 g/mol. The smallest absolute Gasteiger partial charge is 0.164 e. The van der Waals surface area contributed by atoms with Crippen molar-refractivity contribution < 1.29 is 4.74 Å². The Morgan fingerprint density at radius 3 is 2.90 bits per heavy atom. The zero-order valence-electron chi connectivity index (χ0n) is 6.02. The number of rotatable bonds is 1. The molecule has 3 nitrogen and oxygen atoms in total. The van der Waals surface area contributed by atoms with E-state index >= 15 is 0 Å². The summed E-state index contributed by atoms with van der Waals surface area (Å²) >= 11 is 4.72. The van der Waals surface area contributed by atoms with Crippen molar-refractivity contribution in [3.05, 3.63) is 0 Å². The molecule has 0 saturated carbocycles. The van der Waals surface area contributed by atoms with Crippen molar-refractivity contribution in [1.82, 2.24) is 5.32 Å². The third-order valence-corrected chi connectivity index (χ3v) is 1.75. The van der Waals surface area contributed by atoms with Crippen molar-refractivity contribution in [1.29, 1.82) is 0 Å². The lowest BCUT2D eigenvalue weighted by Gasteiger charge is -2.23. The Balaban J connectivity index is 2.43. The standard InChI is InChI=1S/C6H12N2OS/c1-6(8-5(7)10)2-3-9-4-6/h2-4H2,1H3,(H3,7,8,10). The highest BCUT2D eigenvalue weighted by Gasteiger charge is 2.29. The molecule has 1 aliphatic rings. The molecule has 1 aliphatic heterocycles. The van der Waals surface area contributed by atoms with Crippen molar-refractivity contribution in [3.8, 4) is 0 Å². The fraction of sp³-hybridized carbons (Fsp3) is 0.833. The molecule has 0 bridgehead atoms. The lowest BCUT2D eigenvalue weighted by molar-refractivity contribution is 0.177. The molecule has 1 saturated heterocycles. The summed E-state index contributed by atoms with van der Waals surface area (Å²) in [6, 6.07) is 0. The Morgan fingerprint density at radius 2 is 2.50 bits per heavy atom. The van der Waals surface area contributed by atoms with Crippen molar-refractivity contribution in [2.24, 2.45) is 5.73 Å². The van der Waals surface area contributed by atoms with Crippen LogP contribution in [0.3, 0.4) is 0 Å². The van der Waals surface area contributed by atoms with Gasteiger partial charge in [0.15, 0.2) is 5.11 Å². The van der Waals surface area contributed by atoms with Crippen LogP contribution in [0, 0.1) is 0 Å². The first-order chi connectivity index (χ1) is 4.62. The molecule has 10 heavy (non-hydrogen) atoms. The van der Waals surface area contributed by atoms with Crippen LogP contribution >= 0.6 is 12.2 Å². The van der Waals surface area contributed by atoms with Crippen LogP contribution in [0.4, 0.5) is 0 Å². The zero-order valence-corrected chi connectivity index (χ0v) is 6.83. The van der Waals surface area contributed by atoms with E-state index in [-0.39, 0.29) is 5.54 Å². The normalized spacial score (nSPS) is 32.1. The van der Waals surface area contributed by atoms with Crippen LogP contribution in [0.5, 0.6) is 0 Å². The molecule has 4 heteroatoms. The summed E-state index contributed by atoms with van der Waals surface area (Å²) in [6.07, 6.45) is 0.977. The Hall–Kier alpha value is -0.350. The number of hydrogen-bond donors (Lipinski definition) is 2. The number of nitrogens with two attached hydrogens (primary N) is 1. The Bertz CT molecular complexity index is 143. The highest BCUT2D eigenvalue weighted by Crippen LogP contribution is 2.16. The van der Waals surface area contributed by atoms with Gasteiger partial charge in [0, 0.05) is 6.61 Å². The maximum Gasteiger partial charge on any atom is 0.164 e. The van der Waals surface area contributed by atoms with Crippen LogP contribution in [-0.4, -0.2) is 23.9 Å². The predicted octanol–water partition coefficient (Wildman–Crippen LogP) is -0.00140. The van der Waals surface area contributed by atoms with Gasteiger partial charge in [-0.25, -0.2) is 0 Å². The fourth-order valence-corrected chi connectivity index (χ4v) is 1.31. The fourth-order valence-electron chi connectivity index (χ4n) is 1.06. The molecule has 0 aromatic rings. The molecule has 1 unspecified atom stereocenters. The van der Waals surface area contributed by atoms with Gasteiger partial charge in [0.2, 0.25) is 0 Å². The summed E-state index contributed by atoms with van der Waals surface area (Å²) in [5.74, 6) is 0. The third-order valence-electron chi connectivity index (χ3n) is 1.64. The molecule has 0 amide bonds. The van der Waals surface area contributed by atoms with Crippen LogP contribution in [-0.2, 0) is 4.74 Å². The third kappa shape index (κ3) is 1.82. The predicted molar refractivity (Wildman–Crippen MR) is 43.8 cm³/mol. The van der Waals surface area contributed by atoms with Gasteiger partial charge in [0.05, 0.1) is 12.1 Å².